The normalized spacial score (nSPS) is 15.2. The molecule has 3 aromatic carbocycles. The van der Waals surface area contributed by atoms with Gasteiger partial charge in [0, 0.05) is 17.3 Å². The van der Waals surface area contributed by atoms with Gasteiger partial charge in [-0.25, -0.2) is 0 Å². The number of carbonyl (C=O) groups is 2. The number of anilines is 2. The van der Waals surface area contributed by atoms with E-state index in [1.807, 2.05) is 54.3 Å². The van der Waals surface area contributed by atoms with Crippen LogP contribution in [0.1, 0.15) is 17.5 Å². The zero-order valence-electron chi connectivity index (χ0n) is 20.9. The van der Waals surface area contributed by atoms with Crippen molar-refractivity contribution in [2.75, 3.05) is 31.0 Å². The average molecular weight is 538 g/mol. The summed E-state index contributed by atoms with van der Waals surface area (Å²) < 4.78 is 10.7. The van der Waals surface area contributed by atoms with Crippen molar-refractivity contribution >= 4 is 52.1 Å². The Balaban J connectivity index is 1.56. The Kier molecular flexibility index (Phi) is 8.31. The standard InChI is InChI=1S/C28H28ClN3O4S/c1-18-4-9-21(10-5-18)30-26(33)17-23-27(34)32(22-11-7-20(29)8-12-22)28(37)31(23)15-14-19-6-13-24(35-2)25(16-19)36-3/h4-13,16,23H,14-15,17H2,1-3H3,(H,30,33)/t23-/m0/s1. The lowest BCUT2D eigenvalue weighted by Gasteiger charge is -2.24. The average Bonchev–Trinajstić information content (AvgIpc) is 3.12. The predicted octanol–water partition coefficient (Wildman–Crippen LogP) is 5.24. The summed E-state index contributed by atoms with van der Waals surface area (Å²) in [7, 11) is 3.17. The van der Waals surface area contributed by atoms with Crippen LogP contribution in [-0.2, 0) is 16.0 Å². The fraction of sp³-hybridized carbons (Fsp3) is 0.250. The summed E-state index contributed by atoms with van der Waals surface area (Å²) in [5.74, 6) is 0.743. The second-order valence-electron chi connectivity index (χ2n) is 8.70. The van der Waals surface area contributed by atoms with Gasteiger partial charge in [-0.15, -0.1) is 0 Å². The summed E-state index contributed by atoms with van der Waals surface area (Å²) in [5, 5.41) is 3.79. The van der Waals surface area contributed by atoms with Crippen LogP contribution in [0, 0.1) is 6.92 Å². The molecule has 37 heavy (non-hydrogen) atoms. The van der Waals surface area contributed by atoms with Crippen LogP contribution in [0.25, 0.3) is 0 Å². The summed E-state index contributed by atoms with van der Waals surface area (Å²) in [4.78, 5) is 29.8. The highest BCUT2D eigenvalue weighted by Crippen LogP contribution is 2.30. The van der Waals surface area contributed by atoms with E-state index >= 15 is 0 Å². The molecular formula is C28H28ClN3O4S. The summed E-state index contributed by atoms with van der Waals surface area (Å²) >= 11 is 11.8. The van der Waals surface area contributed by atoms with E-state index in [4.69, 9.17) is 33.3 Å². The zero-order chi connectivity index (χ0) is 26.5. The minimum absolute atomic E-state index is 0.0388. The van der Waals surface area contributed by atoms with Gasteiger partial charge in [0.2, 0.25) is 5.91 Å². The van der Waals surface area contributed by atoms with Gasteiger partial charge >= 0.3 is 0 Å². The van der Waals surface area contributed by atoms with E-state index in [1.54, 1.807) is 38.5 Å². The van der Waals surface area contributed by atoms with Gasteiger partial charge in [-0.2, -0.15) is 0 Å². The number of hydrogen-bond donors (Lipinski definition) is 1. The summed E-state index contributed by atoms with van der Waals surface area (Å²) in [6, 6.07) is 19.4. The molecule has 0 aromatic heterocycles. The first kappa shape index (κ1) is 26.4. The topological polar surface area (TPSA) is 71.1 Å². The molecule has 9 heteroatoms. The molecule has 0 unspecified atom stereocenters. The molecule has 1 heterocycles. The van der Waals surface area contributed by atoms with Gasteiger partial charge in [-0.3, -0.25) is 14.5 Å². The smallest absolute Gasteiger partial charge is 0.256 e. The molecule has 0 spiro atoms. The van der Waals surface area contributed by atoms with Gasteiger partial charge in [0.25, 0.3) is 5.91 Å². The predicted molar refractivity (Wildman–Crippen MR) is 150 cm³/mol. The Morgan fingerprint density at radius 2 is 1.68 bits per heavy atom. The minimum Gasteiger partial charge on any atom is -0.493 e. The van der Waals surface area contributed by atoms with E-state index in [2.05, 4.69) is 5.32 Å². The number of rotatable bonds is 9. The third kappa shape index (κ3) is 6.03. The summed E-state index contributed by atoms with van der Waals surface area (Å²) in [6.07, 6.45) is 0.543. The van der Waals surface area contributed by atoms with E-state index in [9.17, 15) is 9.59 Å². The number of ether oxygens (including phenoxy) is 2. The maximum absolute atomic E-state index is 13.6. The maximum Gasteiger partial charge on any atom is 0.256 e. The fourth-order valence-corrected chi connectivity index (χ4v) is 4.77. The third-order valence-electron chi connectivity index (χ3n) is 6.21. The van der Waals surface area contributed by atoms with Crippen LogP contribution >= 0.6 is 23.8 Å². The van der Waals surface area contributed by atoms with E-state index in [0.29, 0.717) is 46.0 Å². The lowest BCUT2D eigenvalue weighted by molar-refractivity contribution is -0.124. The molecule has 1 fully saturated rings. The molecule has 0 aliphatic carbocycles. The molecule has 1 aliphatic heterocycles. The molecule has 0 bridgehead atoms. The lowest BCUT2D eigenvalue weighted by atomic mass is 10.1. The molecule has 0 radical (unpaired) electrons. The Morgan fingerprint density at radius 1 is 1.00 bits per heavy atom. The highest BCUT2D eigenvalue weighted by atomic mass is 35.5. The highest BCUT2D eigenvalue weighted by molar-refractivity contribution is 7.80. The molecule has 4 rings (SSSR count). The number of hydrogen-bond acceptors (Lipinski definition) is 5. The second-order valence-corrected chi connectivity index (χ2v) is 9.50. The van der Waals surface area contributed by atoms with E-state index < -0.39 is 6.04 Å². The maximum atomic E-state index is 13.6. The molecule has 192 valence electrons. The molecule has 1 saturated heterocycles. The Bertz CT molecular complexity index is 1300. The Labute approximate surface area is 226 Å². The number of nitrogens with zero attached hydrogens (tertiary/aromatic N) is 2. The third-order valence-corrected chi connectivity index (χ3v) is 6.88. The molecule has 3 aromatic rings. The monoisotopic (exact) mass is 537 g/mol. The van der Waals surface area contributed by atoms with Crippen molar-refractivity contribution in [2.45, 2.75) is 25.8 Å². The van der Waals surface area contributed by atoms with Gasteiger partial charge in [0.05, 0.1) is 26.3 Å². The number of thiocarbonyl (C=S) groups is 1. The Hall–Kier alpha value is -3.62. The van der Waals surface area contributed by atoms with Crippen LogP contribution in [0.2, 0.25) is 5.02 Å². The van der Waals surface area contributed by atoms with Crippen molar-refractivity contribution in [3.8, 4) is 11.5 Å². The number of aryl methyl sites for hydroxylation is 1. The van der Waals surface area contributed by atoms with Crippen molar-refractivity contribution in [3.63, 3.8) is 0 Å². The Morgan fingerprint density at radius 3 is 2.32 bits per heavy atom. The van der Waals surface area contributed by atoms with Crippen LogP contribution < -0.4 is 19.7 Å². The van der Waals surface area contributed by atoms with Crippen molar-refractivity contribution < 1.29 is 19.1 Å². The van der Waals surface area contributed by atoms with Gasteiger partial charge in [-0.05, 0) is 79.7 Å². The summed E-state index contributed by atoms with van der Waals surface area (Å²) in [5.41, 5.74) is 3.36. The first-order valence-electron chi connectivity index (χ1n) is 11.8. The molecule has 0 saturated carbocycles. The molecular weight excluding hydrogens is 510 g/mol. The quantitative estimate of drug-likeness (QED) is 0.376. The van der Waals surface area contributed by atoms with Crippen LogP contribution in [0.5, 0.6) is 11.5 Å². The van der Waals surface area contributed by atoms with Crippen LogP contribution in [0.3, 0.4) is 0 Å². The van der Waals surface area contributed by atoms with E-state index in [0.717, 1.165) is 11.1 Å². The second kappa shape index (κ2) is 11.6. The van der Waals surface area contributed by atoms with Crippen molar-refractivity contribution in [3.05, 3.63) is 82.9 Å². The lowest BCUT2D eigenvalue weighted by Crippen LogP contribution is -2.39. The molecule has 1 atom stereocenters. The highest BCUT2D eigenvalue weighted by Gasteiger charge is 2.43. The number of carbonyl (C=O) groups excluding carboxylic acids is 2. The first-order chi connectivity index (χ1) is 17.8. The molecule has 1 N–H and O–H groups in total. The molecule has 2 amide bonds. The number of benzene rings is 3. The van der Waals surface area contributed by atoms with E-state index in [1.165, 1.54) is 4.90 Å². The van der Waals surface area contributed by atoms with Crippen molar-refractivity contribution in [1.29, 1.82) is 0 Å². The molecule has 1 aliphatic rings. The SMILES string of the molecule is COc1ccc(CCN2C(=S)N(c3ccc(Cl)cc3)C(=O)[C@@H]2CC(=O)Nc2ccc(C)cc2)cc1OC. The number of amides is 2. The van der Waals surface area contributed by atoms with Gasteiger partial charge in [0.1, 0.15) is 6.04 Å². The minimum atomic E-state index is -0.742. The summed E-state index contributed by atoms with van der Waals surface area (Å²) in [6.45, 7) is 2.41. The first-order valence-corrected chi connectivity index (χ1v) is 12.6. The van der Waals surface area contributed by atoms with Gasteiger partial charge in [-0.1, -0.05) is 35.4 Å². The van der Waals surface area contributed by atoms with E-state index in [-0.39, 0.29) is 18.2 Å². The number of nitrogens with one attached hydrogen (secondary N) is 1. The molecule has 7 nitrogen and oxygen atoms in total. The van der Waals surface area contributed by atoms with Crippen LogP contribution in [-0.4, -0.2) is 48.6 Å². The van der Waals surface area contributed by atoms with Crippen LogP contribution in [0.15, 0.2) is 66.7 Å². The van der Waals surface area contributed by atoms with Gasteiger partial charge in [0.15, 0.2) is 16.6 Å². The number of methoxy groups -OCH3 is 2. The fourth-order valence-electron chi connectivity index (χ4n) is 4.23. The van der Waals surface area contributed by atoms with Crippen LogP contribution in [0.4, 0.5) is 11.4 Å². The van der Waals surface area contributed by atoms with Crippen molar-refractivity contribution in [1.82, 2.24) is 4.90 Å². The van der Waals surface area contributed by atoms with Crippen molar-refractivity contribution in [2.24, 2.45) is 0 Å². The zero-order valence-corrected chi connectivity index (χ0v) is 22.4. The number of halogens is 1. The largest absolute Gasteiger partial charge is 0.493 e. The van der Waals surface area contributed by atoms with Gasteiger partial charge < -0.3 is 19.7 Å².